The van der Waals surface area contributed by atoms with Gasteiger partial charge in [-0.1, -0.05) is 6.92 Å². The van der Waals surface area contributed by atoms with Gasteiger partial charge in [-0.25, -0.2) is 4.79 Å². The van der Waals surface area contributed by atoms with Crippen LogP contribution in [0.25, 0.3) is 0 Å². The number of nitrogens with zero attached hydrogens (tertiary/aromatic N) is 2. The van der Waals surface area contributed by atoms with Crippen molar-refractivity contribution in [1.82, 2.24) is 15.1 Å². The van der Waals surface area contributed by atoms with Crippen LogP contribution in [0.3, 0.4) is 0 Å². The molecule has 128 valence electrons. The molecule has 1 aliphatic carbocycles. The van der Waals surface area contributed by atoms with Gasteiger partial charge in [0.15, 0.2) is 0 Å². The summed E-state index contributed by atoms with van der Waals surface area (Å²) in [6, 6.07) is 0. The van der Waals surface area contributed by atoms with Crippen molar-refractivity contribution < 1.29 is 9.53 Å². The highest BCUT2D eigenvalue weighted by Crippen LogP contribution is 2.34. The third-order valence-electron chi connectivity index (χ3n) is 4.88. The van der Waals surface area contributed by atoms with E-state index in [4.69, 9.17) is 4.74 Å². The van der Waals surface area contributed by atoms with Gasteiger partial charge in [-0.05, 0) is 64.4 Å². The molecule has 1 saturated heterocycles. The second-order valence-electron chi connectivity index (χ2n) is 8.18. The molecule has 0 radical (unpaired) electrons. The predicted octanol–water partition coefficient (Wildman–Crippen LogP) is 3.65. The Morgan fingerprint density at radius 1 is 1.35 bits per heavy atom. The molecular formula is C18H29N3O2. The van der Waals surface area contributed by atoms with Gasteiger partial charge in [0.2, 0.25) is 0 Å². The van der Waals surface area contributed by atoms with Gasteiger partial charge in [-0.15, -0.1) is 0 Å². The minimum atomic E-state index is -0.440. The maximum Gasteiger partial charge on any atom is 0.410 e. The number of likely N-dealkylation sites (tertiary alicyclic amines) is 1. The molecule has 1 aromatic rings. The molecule has 0 spiro atoms. The van der Waals surface area contributed by atoms with E-state index in [9.17, 15) is 4.79 Å². The van der Waals surface area contributed by atoms with Crippen molar-refractivity contribution in [3.8, 4) is 0 Å². The first-order valence-corrected chi connectivity index (χ1v) is 8.87. The number of piperidine rings is 1. The molecule has 5 heteroatoms. The van der Waals surface area contributed by atoms with E-state index in [1.807, 2.05) is 25.7 Å². The van der Waals surface area contributed by atoms with Gasteiger partial charge in [0.05, 0.1) is 5.69 Å². The van der Waals surface area contributed by atoms with Gasteiger partial charge >= 0.3 is 6.09 Å². The number of hydrogen-bond acceptors (Lipinski definition) is 3. The molecular weight excluding hydrogens is 290 g/mol. The fourth-order valence-electron chi connectivity index (χ4n) is 3.72. The predicted molar refractivity (Wildman–Crippen MR) is 89.6 cm³/mol. The summed E-state index contributed by atoms with van der Waals surface area (Å²) in [5.41, 5.74) is 3.48. The molecule has 0 aromatic carbocycles. The molecule has 2 atom stereocenters. The number of amides is 1. The highest BCUT2D eigenvalue weighted by atomic mass is 16.6. The number of fused-ring (bicyclic) bond motifs is 1. The Morgan fingerprint density at radius 3 is 2.87 bits per heavy atom. The van der Waals surface area contributed by atoms with Crippen LogP contribution in [0, 0.1) is 5.92 Å². The van der Waals surface area contributed by atoms with E-state index in [2.05, 4.69) is 17.1 Å². The SMILES string of the molecule is CC1CCc2[nH]nc(C3CCCN(C(=O)OC(C)(C)C)C3)c2C1. The molecule has 2 heterocycles. The number of carbonyl (C=O) groups excluding carboxylic acids is 1. The van der Waals surface area contributed by atoms with Crippen LogP contribution in [0.2, 0.25) is 0 Å². The van der Waals surface area contributed by atoms with E-state index in [0.29, 0.717) is 5.92 Å². The maximum atomic E-state index is 12.3. The monoisotopic (exact) mass is 319 g/mol. The zero-order valence-corrected chi connectivity index (χ0v) is 14.8. The van der Waals surface area contributed by atoms with Crippen LogP contribution < -0.4 is 0 Å². The summed E-state index contributed by atoms with van der Waals surface area (Å²) in [4.78, 5) is 14.2. The summed E-state index contributed by atoms with van der Waals surface area (Å²) in [7, 11) is 0. The average molecular weight is 319 g/mol. The van der Waals surface area contributed by atoms with Gasteiger partial charge in [-0.2, -0.15) is 5.10 Å². The number of nitrogens with one attached hydrogen (secondary N) is 1. The summed E-state index contributed by atoms with van der Waals surface area (Å²) in [5, 5.41) is 7.86. The molecule has 0 saturated carbocycles. The normalized spacial score (nSPS) is 25.1. The summed E-state index contributed by atoms with van der Waals surface area (Å²) in [6.07, 6.45) is 5.38. The van der Waals surface area contributed by atoms with Crippen LogP contribution in [0.5, 0.6) is 0 Å². The summed E-state index contributed by atoms with van der Waals surface area (Å²) in [6.45, 7) is 9.57. The van der Waals surface area contributed by atoms with E-state index in [1.165, 1.54) is 23.4 Å². The smallest absolute Gasteiger partial charge is 0.410 e. The molecule has 5 nitrogen and oxygen atoms in total. The lowest BCUT2D eigenvalue weighted by Crippen LogP contribution is -2.42. The van der Waals surface area contributed by atoms with E-state index in [-0.39, 0.29) is 6.09 Å². The van der Waals surface area contributed by atoms with Crippen LogP contribution in [0.1, 0.15) is 69.8 Å². The van der Waals surface area contributed by atoms with Crippen LogP contribution in [0.4, 0.5) is 4.79 Å². The molecule has 2 aliphatic rings. The number of H-pyrrole nitrogens is 1. The Kier molecular flexibility index (Phi) is 4.39. The molecule has 2 unspecified atom stereocenters. The molecule has 1 aliphatic heterocycles. The van der Waals surface area contributed by atoms with Gasteiger partial charge in [0.1, 0.15) is 5.60 Å². The van der Waals surface area contributed by atoms with Gasteiger partial charge in [0, 0.05) is 24.7 Å². The molecule has 1 amide bonds. The molecule has 1 aromatic heterocycles. The number of ether oxygens (including phenoxy) is 1. The molecule has 1 N–H and O–H groups in total. The number of aryl methyl sites for hydroxylation is 1. The Morgan fingerprint density at radius 2 is 2.13 bits per heavy atom. The zero-order valence-electron chi connectivity index (χ0n) is 14.8. The number of carbonyl (C=O) groups is 1. The topological polar surface area (TPSA) is 58.2 Å². The molecule has 23 heavy (non-hydrogen) atoms. The van der Waals surface area contributed by atoms with Crippen molar-refractivity contribution in [2.45, 2.75) is 71.3 Å². The Hall–Kier alpha value is -1.52. The standard InChI is InChI=1S/C18H29N3O2/c1-12-7-8-15-14(10-12)16(20-19-15)13-6-5-9-21(11-13)17(22)23-18(2,3)4/h12-13H,5-11H2,1-4H3,(H,19,20). The zero-order chi connectivity index (χ0) is 16.6. The van der Waals surface area contributed by atoms with Crippen molar-refractivity contribution in [1.29, 1.82) is 0 Å². The minimum absolute atomic E-state index is 0.194. The van der Waals surface area contributed by atoms with Crippen LogP contribution in [-0.2, 0) is 17.6 Å². The number of hydrogen-bond donors (Lipinski definition) is 1. The number of aromatic amines is 1. The van der Waals surface area contributed by atoms with Crippen molar-refractivity contribution in [2.24, 2.45) is 5.92 Å². The van der Waals surface area contributed by atoms with Crippen molar-refractivity contribution in [2.75, 3.05) is 13.1 Å². The lowest BCUT2D eigenvalue weighted by molar-refractivity contribution is 0.0197. The quantitative estimate of drug-likeness (QED) is 0.859. The molecule has 3 rings (SSSR count). The van der Waals surface area contributed by atoms with Crippen molar-refractivity contribution >= 4 is 6.09 Å². The van der Waals surface area contributed by atoms with E-state index < -0.39 is 5.60 Å². The second kappa shape index (κ2) is 6.17. The lowest BCUT2D eigenvalue weighted by Gasteiger charge is -2.34. The first-order chi connectivity index (χ1) is 10.8. The highest BCUT2D eigenvalue weighted by molar-refractivity contribution is 5.68. The highest BCUT2D eigenvalue weighted by Gasteiger charge is 2.32. The largest absolute Gasteiger partial charge is 0.444 e. The number of aromatic nitrogens is 2. The first kappa shape index (κ1) is 16.3. The Balaban J connectivity index is 1.72. The summed E-state index contributed by atoms with van der Waals surface area (Å²) < 4.78 is 5.53. The van der Waals surface area contributed by atoms with Gasteiger partial charge in [-0.3, -0.25) is 5.10 Å². The maximum absolute atomic E-state index is 12.3. The second-order valence-corrected chi connectivity index (χ2v) is 8.18. The third-order valence-corrected chi connectivity index (χ3v) is 4.88. The first-order valence-electron chi connectivity index (χ1n) is 8.87. The van der Waals surface area contributed by atoms with Gasteiger partial charge in [0.25, 0.3) is 0 Å². The third kappa shape index (κ3) is 3.70. The molecule has 1 fully saturated rings. The lowest BCUT2D eigenvalue weighted by atomic mass is 9.83. The summed E-state index contributed by atoms with van der Waals surface area (Å²) in [5.74, 6) is 1.06. The number of rotatable bonds is 1. The Labute approximate surface area is 138 Å². The Bertz CT molecular complexity index is 573. The van der Waals surface area contributed by atoms with E-state index >= 15 is 0 Å². The fourth-order valence-corrected chi connectivity index (χ4v) is 3.72. The van der Waals surface area contributed by atoms with E-state index in [0.717, 1.165) is 44.7 Å². The molecule has 0 bridgehead atoms. The minimum Gasteiger partial charge on any atom is -0.444 e. The summed E-state index contributed by atoms with van der Waals surface area (Å²) >= 11 is 0. The van der Waals surface area contributed by atoms with Crippen molar-refractivity contribution in [3.63, 3.8) is 0 Å². The van der Waals surface area contributed by atoms with Crippen LogP contribution >= 0.6 is 0 Å². The van der Waals surface area contributed by atoms with Crippen LogP contribution in [0.15, 0.2) is 0 Å². The average Bonchev–Trinajstić information content (AvgIpc) is 2.88. The van der Waals surface area contributed by atoms with Gasteiger partial charge < -0.3 is 9.64 Å². The fraction of sp³-hybridized carbons (Fsp3) is 0.778. The van der Waals surface area contributed by atoms with Crippen LogP contribution in [-0.4, -0.2) is 39.9 Å². The van der Waals surface area contributed by atoms with Crippen molar-refractivity contribution in [3.05, 3.63) is 17.0 Å². The van der Waals surface area contributed by atoms with E-state index in [1.54, 1.807) is 0 Å².